The van der Waals surface area contributed by atoms with Crippen LogP contribution in [0, 0.1) is 5.92 Å². The number of carbonyl (C=O) groups excluding carboxylic acids is 1. The molecular formula is C15H17N3O4. The maximum atomic E-state index is 12.1. The van der Waals surface area contributed by atoms with Gasteiger partial charge in [-0.1, -0.05) is 0 Å². The van der Waals surface area contributed by atoms with Crippen molar-refractivity contribution in [2.45, 2.75) is 6.42 Å². The Morgan fingerprint density at radius 3 is 2.73 bits per heavy atom. The summed E-state index contributed by atoms with van der Waals surface area (Å²) in [5, 5.41) is 3.25. The Labute approximate surface area is 126 Å². The van der Waals surface area contributed by atoms with Gasteiger partial charge < -0.3 is 10.1 Å². The van der Waals surface area contributed by atoms with Crippen LogP contribution >= 0.6 is 0 Å². The summed E-state index contributed by atoms with van der Waals surface area (Å²) in [6.45, 7) is 1.03. The topological polar surface area (TPSA) is 82.3 Å². The highest BCUT2D eigenvalue weighted by atomic mass is 16.5. The molecule has 1 aromatic heterocycles. The normalized spacial score (nSPS) is 17.8. The van der Waals surface area contributed by atoms with Crippen molar-refractivity contribution in [2.75, 3.05) is 18.5 Å². The first kappa shape index (κ1) is 14.5. The standard InChI is InChI=1S/C15H17N3O4/c1-17-12-7-10(16-13(19)9-5-6-22-8-9)3-4-11(12)14(20)18(2)15(17)21/h3-4,7,9H,5-6,8H2,1-2H3,(H,16,19)/t9-/m1/s1. The first-order valence-corrected chi connectivity index (χ1v) is 7.07. The molecule has 1 fully saturated rings. The summed E-state index contributed by atoms with van der Waals surface area (Å²) in [7, 11) is 3.04. The lowest BCUT2D eigenvalue weighted by molar-refractivity contribution is -0.119. The molecule has 1 aliphatic rings. The molecule has 2 heterocycles. The highest BCUT2D eigenvalue weighted by molar-refractivity contribution is 5.95. The van der Waals surface area contributed by atoms with Crippen LogP contribution in [0.4, 0.5) is 5.69 Å². The van der Waals surface area contributed by atoms with Crippen molar-refractivity contribution >= 4 is 22.5 Å². The predicted molar refractivity (Wildman–Crippen MR) is 82.0 cm³/mol. The molecule has 2 aromatic rings. The molecule has 0 saturated carbocycles. The van der Waals surface area contributed by atoms with Gasteiger partial charge in [-0.25, -0.2) is 4.79 Å². The van der Waals surface area contributed by atoms with Gasteiger partial charge in [0.2, 0.25) is 5.91 Å². The molecule has 1 N–H and O–H groups in total. The molecule has 7 heteroatoms. The van der Waals surface area contributed by atoms with Crippen molar-refractivity contribution < 1.29 is 9.53 Å². The zero-order valence-corrected chi connectivity index (χ0v) is 12.5. The fourth-order valence-corrected chi connectivity index (χ4v) is 2.65. The van der Waals surface area contributed by atoms with E-state index >= 15 is 0 Å². The molecule has 1 saturated heterocycles. The number of benzene rings is 1. The molecule has 0 aliphatic carbocycles. The molecule has 1 atom stereocenters. The quantitative estimate of drug-likeness (QED) is 0.860. The number of aryl methyl sites for hydroxylation is 1. The fraction of sp³-hybridized carbons (Fsp3) is 0.400. The summed E-state index contributed by atoms with van der Waals surface area (Å²) in [5.41, 5.74) is 0.312. The molecule has 0 unspecified atom stereocenters. The fourth-order valence-electron chi connectivity index (χ4n) is 2.65. The smallest absolute Gasteiger partial charge is 0.330 e. The molecular weight excluding hydrogens is 286 g/mol. The van der Waals surface area contributed by atoms with Crippen LogP contribution in [0.3, 0.4) is 0 Å². The van der Waals surface area contributed by atoms with E-state index in [0.717, 1.165) is 4.57 Å². The van der Waals surface area contributed by atoms with E-state index in [1.165, 1.54) is 11.6 Å². The summed E-state index contributed by atoms with van der Waals surface area (Å²) in [5.74, 6) is -0.256. The number of amides is 1. The van der Waals surface area contributed by atoms with Crippen LogP contribution < -0.4 is 16.6 Å². The van der Waals surface area contributed by atoms with E-state index in [2.05, 4.69) is 5.32 Å². The maximum absolute atomic E-state index is 12.1. The third kappa shape index (κ3) is 2.33. The lowest BCUT2D eigenvalue weighted by Crippen LogP contribution is -2.37. The van der Waals surface area contributed by atoms with E-state index in [0.29, 0.717) is 36.2 Å². The molecule has 3 rings (SSSR count). The van der Waals surface area contributed by atoms with Crippen molar-refractivity contribution in [3.05, 3.63) is 39.0 Å². The molecule has 7 nitrogen and oxygen atoms in total. The molecule has 0 spiro atoms. The number of ether oxygens (including phenoxy) is 1. The number of nitrogens with one attached hydrogen (secondary N) is 1. The molecule has 1 aliphatic heterocycles. The average molecular weight is 303 g/mol. The number of hydrogen-bond donors (Lipinski definition) is 1. The Morgan fingerprint density at radius 1 is 1.27 bits per heavy atom. The highest BCUT2D eigenvalue weighted by Crippen LogP contribution is 2.18. The minimum absolute atomic E-state index is 0.106. The first-order valence-electron chi connectivity index (χ1n) is 7.07. The van der Waals surface area contributed by atoms with Gasteiger partial charge >= 0.3 is 5.69 Å². The maximum Gasteiger partial charge on any atom is 0.330 e. The Kier molecular flexibility index (Phi) is 3.58. The average Bonchev–Trinajstić information content (AvgIpc) is 3.05. The van der Waals surface area contributed by atoms with E-state index in [-0.39, 0.29) is 17.4 Å². The second-order valence-corrected chi connectivity index (χ2v) is 5.49. The largest absolute Gasteiger partial charge is 0.381 e. The van der Waals surface area contributed by atoms with Gasteiger partial charge in [-0.2, -0.15) is 0 Å². The predicted octanol–water partition coefficient (Wildman–Crippen LogP) is 0.212. The number of fused-ring (bicyclic) bond motifs is 1. The van der Waals surface area contributed by atoms with Crippen LogP contribution in [0.2, 0.25) is 0 Å². The molecule has 1 aromatic carbocycles. The Balaban J connectivity index is 2.01. The van der Waals surface area contributed by atoms with Gasteiger partial charge in [-0.3, -0.25) is 18.7 Å². The van der Waals surface area contributed by atoms with Crippen LogP contribution in [0.5, 0.6) is 0 Å². The number of nitrogens with zero attached hydrogens (tertiary/aromatic N) is 2. The zero-order chi connectivity index (χ0) is 15.9. The lowest BCUT2D eigenvalue weighted by atomic mass is 10.1. The van der Waals surface area contributed by atoms with Crippen molar-refractivity contribution in [1.29, 1.82) is 0 Å². The van der Waals surface area contributed by atoms with Gasteiger partial charge in [0.05, 0.1) is 23.4 Å². The Hall–Kier alpha value is -2.41. The SMILES string of the molecule is Cn1c(=O)c2ccc(NC(=O)[C@@H]3CCOC3)cc2n(C)c1=O. The lowest BCUT2D eigenvalue weighted by Gasteiger charge is -2.12. The number of anilines is 1. The van der Waals surface area contributed by atoms with Gasteiger partial charge in [0.15, 0.2) is 0 Å². The second kappa shape index (κ2) is 5.42. The van der Waals surface area contributed by atoms with Crippen molar-refractivity contribution in [1.82, 2.24) is 9.13 Å². The minimum Gasteiger partial charge on any atom is -0.381 e. The summed E-state index contributed by atoms with van der Waals surface area (Å²) in [6, 6.07) is 4.94. The van der Waals surface area contributed by atoms with Crippen molar-refractivity contribution in [3.8, 4) is 0 Å². The van der Waals surface area contributed by atoms with E-state index in [4.69, 9.17) is 4.74 Å². The Morgan fingerprint density at radius 2 is 2.05 bits per heavy atom. The molecule has 0 radical (unpaired) electrons. The molecule has 22 heavy (non-hydrogen) atoms. The molecule has 1 amide bonds. The first-order chi connectivity index (χ1) is 10.5. The van der Waals surface area contributed by atoms with Gasteiger partial charge in [-0.15, -0.1) is 0 Å². The van der Waals surface area contributed by atoms with Crippen LogP contribution in [0.15, 0.2) is 27.8 Å². The monoisotopic (exact) mass is 303 g/mol. The van der Waals surface area contributed by atoms with Gasteiger partial charge in [0.1, 0.15) is 0 Å². The summed E-state index contributed by atoms with van der Waals surface area (Å²) in [4.78, 5) is 36.2. The number of carbonyl (C=O) groups is 1. The number of rotatable bonds is 2. The minimum atomic E-state index is -0.398. The third-order valence-corrected chi connectivity index (χ3v) is 4.04. The number of hydrogen-bond acceptors (Lipinski definition) is 4. The van der Waals surface area contributed by atoms with Crippen molar-refractivity contribution in [2.24, 2.45) is 20.0 Å². The Bertz CT molecular complexity index is 859. The third-order valence-electron chi connectivity index (χ3n) is 4.04. The zero-order valence-electron chi connectivity index (χ0n) is 12.5. The summed E-state index contributed by atoms with van der Waals surface area (Å²) >= 11 is 0. The summed E-state index contributed by atoms with van der Waals surface area (Å²) < 4.78 is 7.66. The number of aromatic nitrogens is 2. The van der Waals surface area contributed by atoms with Crippen molar-refractivity contribution in [3.63, 3.8) is 0 Å². The summed E-state index contributed by atoms with van der Waals surface area (Å²) in [6.07, 6.45) is 0.707. The van der Waals surface area contributed by atoms with Gasteiger partial charge in [-0.05, 0) is 24.6 Å². The second-order valence-electron chi connectivity index (χ2n) is 5.49. The highest BCUT2D eigenvalue weighted by Gasteiger charge is 2.23. The van der Waals surface area contributed by atoms with E-state index < -0.39 is 5.69 Å². The molecule has 116 valence electrons. The molecule has 0 bridgehead atoms. The van der Waals surface area contributed by atoms with E-state index in [9.17, 15) is 14.4 Å². The van der Waals surface area contributed by atoms with Crippen LogP contribution in [-0.2, 0) is 23.6 Å². The van der Waals surface area contributed by atoms with Gasteiger partial charge in [0, 0.05) is 26.4 Å². The van der Waals surface area contributed by atoms with E-state index in [1.807, 2.05) is 0 Å². The van der Waals surface area contributed by atoms with Crippen LogP contribution in [-0.4, -0.2) is 28.3 Å². The van der Waals surface area contributed by atoms with E-state index in [1.54, 1.807) is 25.2 Å². The van der Waals surface area contributed by atoms with Gasteiger partial charge in [0.25, 0.3) is 5.56 Å². The van der Waals surface area contributed by atoms with Crippen LogP contribution in [0.25, 0.3) is 10.9 Å². The van der Waals surface area contributed by atoms with Crippen LogP contribution in [0.1, 0.15) is 6.42 Å².